The second kappa shape index (κ2) is 4.63. The van der Waals surface area contributed by atoms with E-state index in [2.05, 4.69) is 5.32 Å². The molecule has 1 aliphatic rings. The number of ether oxygens (including phenoxy) is 2. The summed E-state index contributed by atoms with van der Waals surface area (Å²) in [6.07, 6.45) is 0.445. The van der Waals surface area contributed by atoms with Crippen LogP contribution in [-0.2, 0) is 9.53 Å². The summed E-state index contributed by atoms with van der Waals surface area (Å²) in [6, 6.07) is 7.24. The molecule has 5 heteroatoms. The molecule has 0 saturated carbocycles. The van der Waals surface area contributed by atoms with E-state index < -0.39 is 11.5 Å². The van der Waals surface area contributed by atoms with E-state index >= 15 is 0 Å². The van der Waals surface area contributed by atoms with Crippen LogP contribution in [0, 0.1) is 0 Å². The minimum atomic E-state index is -1.05. The molecule has 17 heavy (non-hydrogen) atoms. The number of aliphatic carboxylic acids is 1. The van der Waals surface area contributed by atoms with Crippen molar-refractivity contribution in [1.29, 1.82) is 0 Å². The molecule has 1 atom stereocenters. The Morgan fingerprint density at radius 3 is 2.88 bits per heavy atom. The number of anilines is 1. The summed E-state index contributed by atoms with van der Waals surface area (Å²) in [5, 5.41) is 12.3. The van der Waals surface area contributed by atoms with E-state index in [1.165, 1.54) is 0 Å². The van der Waals surface area contributed by atoms with Gasteiger partial charge in [-0.1, -0.05) is 12.1 Å². The number of rotatable bonds is 4. The lowest BCUT2D eigenvalue weighted by Crippen LogP contribution is -2.47. The van der Waals surface area contributed by atoms with E-state index in [0.717, 1.165) is 0 Å². The molecule has 1 saturated heterocycles. The molecule has 0 amide bonds. The molecule has 0 radical (unpaired) electrons. The average Bonchev–Trinajstić information content (AvgIpc) is 2.80. The Labute approximate surface area is 99.3 Å². The van der Waals surface area contributed by atoms with Crippen LogP contribution < -0.4 is 10.1 Å². The normalized spacial score (nSPS) is 23.4. The summed E-state index contributed by atoms with van der Waals surface area (Å²) in [4.78, 5) is 11.3. The van der Waals surface area contributed by atoms with Crippen LogP contribution in [0.1, 0.15) is 6.42 Å². The number of para-hydroxylation sites is 2. The van der Waals surface area contributed by atoms with Crippen molar-refractivity contribution in [3.05, 3.63) is 24.3 Å². The lowest BCUT2D eigenvalue weighted by molar-refractivity contribution is -0.142. The van der Waals surface area contributed by atoms with Crippen LogP contribution in [0.4, 0.5) is 5.69 Å². The quantitative estimate of drug-likeness (QED) is 0.827. The SMILES string of the molecule is COc1ccccc1NC1(C(=O)O)CCOC1. The Morgan fingerprint density at radius 2 is 2.29 bits per heavy atom. The highest BCUT2D eigenvalue weighted by atomic mass is 16.5. The molecule has 2 N–H and O–H groups in total. The molecule has 1 aromatic rings. The topological polar surface area (TPSA) is 67.8 Å². The predicted molar refractivity (Wildman–Crippen MR) is 62.4 cm³/mol. The van der Waals surface area contributed by atoms with E-state index in [9.17, 15) is 9.90 Å². The lowest BCUT2D eigenvalue weighted by atomic mass is 9.98. The van der Waals surface area contributed by atoms with Gasteiger partial charge in [0.15, 0.2) is 5.54 Å². The summed E-state index contributed by atoms with van der Waals surface area (Å²) in [5.74, 6) is -0.277. The first-order chi connectivity index (χ1) is 8.18. The van der Waals surface area contributed by atoms with Crippen molar-refractivity contribution in [3.63, 3.8) is 0 Å². The van der Waals surface area contributed by atoms with Crippen LogP contribution in [0.5, 0.6) is 5.75 Å². The Bertz CT molecular complexity index is 413. The maximum atomic E-state index is 11.3. The monoisotopic (exact) mass is 237 g/mol. The van der Waals surface area contributed by atoms with Gasteiger partial charge in [-0.25, -0.2) is 4.79 Å². The summed E-state index contributed by atoms with van der Waals surface area (Å²) >= 11 is 0. The molecular formula is C12H15NO4. The van der Waals surface area contributed by atoms with Gasteiger partial charge in [0, 0.05) is 13.0 Å². The number of benzene rings is 1. The second-order valence-corrected chi connectivity index (χ2v) is 4.02. The number of carbonyl (C=O) groups is 1. The first kappa shape index (κ1) is 11.7. The fraction of sp³-hybridized carbons (Fsp3) is 0.417. The van der Waals surface area contributed by atoms with Crippen LogP contribution in [0.25, 0.3) is 0 Å². The number of nitrogens with one attached hydrogen (secondary N) is 1. The molecule has 1 aromatic carbocycles. The first-order valence-corrected chi connectivity index (χ1v) is 5.40. The van der Waals surface area contributed by atoms with Gasteiger partial charge in [-0.15, -0.1) is 0 Å². The van der Waals surface area contributed by atoms with Crippen LogP contribution in [0.15, 0.2) is 24.3 Å². The molecule has 5 nitrogen and oxygen atoms in total. The zero-order valence-electron chi connectivity index (χ0n) is 9.60. The van der Waals surface area contributed by atoms with Gasteiger partial charge < -0.3 is 19.9 Å². The van der Waals surface area contributed by atoms with Crippen LogP contribution >= 0.6 is 0 Å². The molecule has 1 aliphatic heterocycles. The Balaban J connectivity index is 2.26. The number of hydrogen-bond acceptors (Lipinski definition) is 4. The Kier molecular flexibility index (Phi) is 3.19. The highest BCUT2D eigenvalue weighted by Gasteiger charge is 2.43. The largest absolute Gasteiger partial charge is 0.495 e. The van der Waals surface area contributed by atoms with E-state index in [-0.39, 0.29) is 6.61 Å². The van der Waals surface area contributed by atoms with Crippen molar-refractivity contribution < 1.29 is 19.4 Å². The van der Waals surface area contributed by atoms with Crippen molar-refractivity contribution in [1.82, 2.24) is 0 Å². The minimum absolute atomic E-state index is 0.167. The number of hydrogen-bond donors (Lipinski definition) is 2. The van der Waals surface area contributed by atoms with Crippen molar-refractivity contribution >= 4 is 11.7 Å². The van der Waals surface area contributed by atoms with E-state index in [0.29, 0.717) is 24.5 Å². The fourth-order valence-corrected chi connectivity index (χ4v) is 1.89. The zero-order valence-corrected chi connectivity index (χ0v) is 9.60. The van der Waals surface area contributed by atoms with Gasteiger partial charge in [0.2, 0.25) is 0 Å². The van der Waals surface area contributed by atoms with Gasteiger partial charge >= 0.3 is 5.97 Å². The molecule has 2 rings (SSSR count). The van der Waals surface area contributed by atoms with Crippen LogP contribution in [0.3, 0.4) is 0 Å². The molecule has 1 unspecified atom stereocenters. The third-order valence-corrected chi connectivity index (χ3v) is 2.91. The molecule has 0 spiro atoms. The first-order valence-electron chi connectivity index (χ1n) is 5.40. The van der Waals surface area contributed by atoms with Crippen molar-refractivity contribution in [2.75, 3.05) is 25.6 Å². The third-order valence-electron chi connectivity index (χ3n) is 2.91. The standard InChI is InChI=1S/C12H15NO4/c1-16-10-5-3-2-4-9(10)13-12(11(14)15)6-7-17-8-12/h2-5,13H,6-8H2,1H3,(H,14,15). The predicted octanol–water partition coefficient (Wildman–Crippen LogP) is 1.35. The second-order valence-electron chi connectivity index (χ2n) is 4.02. The lowest BCUT2D eigenvalue weighted by Gasteiger charge is -2.25. The van der Waals surface area contributed by atoms with Gasteiger partial charge in [0.1, 0.15) is 5.75 Å². The highest BCUT2D eigenvalue weighted by molar-refractivity contribution is 5.84. The van der Waals surface area contributed by atoms with Crippen LogP contribution in [-0.4, -0.2) is 36.9 Å². The van der Waals surface area contributed by atoms with Gasteiger partial charge in [-0.2, -0.15) is 0 Å². The smallest absolute Gasteiger partial charge is 0.331 e. The summed E-state index contributed by atoms with van der Waals surface area (Å²) in [6.45, 7) is 0.620. The zero-order chi connectivity index (χ0) is 12.3. The maximum absolute atomic E-state index is 11.3. The van der Waals surface area contributed by atoms with Crippen molar-refractivity contribution in [3.8, 4) is 5.75 Å². The van der Waals surface area contributed by atoms with Gasteiger partial charge in [0.05, 0.1) is 19.4 Å². The number of carboxylic acids is 1. The van der Waals surface area contributed by atoms with E-state index in [1.807, 2.05) is 12.1 Å². The molecule has 1 heterocycles. The molecule has 0 bridgehead atoms. The summed E-state index contributed by atoms with van der Waals surface area (Å²) in [7, 11) is 1.55. The van der Waals surface area contributed by atoms with E-state index in [1.54, 1.807) is 19.2 Å². The molecule has 92 valence electrons. The van der Waals surface area contributed by atoms with E-state index in [4.69, 9.17) is 9.47 Å². The van der Waals surface area contributed by atoms with Crippen molar-refractivity contribution in [2.45, 2.75) is 12.0 Å². The van der Waals surface area contributed by atoms with Crippen LogP contribution in [0.2, 0.25) is 0 Å². The Hall–Kier alpha value is -1.75. The van der Waals surface area contributed by atoms with Gasteiger partial charge in [-0.05, 0) is 12.1 Å². The molecule has 0 aliphatic carbocycles. The maximum Gasteiger partial charge on any atom is 0.331 e. The van der Waals surface area contributed by atoms with Gasteiger partial charge in [-0.3, -0.25) is 0 Å². The van der Waals surface area contributed by atoms with Crippen molar-refractivity contribution in [2.24, 2.45) is 0 Å². The molecule has 0 aromatic heterocycles. The Morgan fingerprint density at radius 1 is 1.53 bits per heavy atom. The molecule has 1 fully saturated rings. The van der Waals surface area contributed by atoms with Gasteiger partial charge in [0.25, 0.3) is 0 Å². The highest BCUT2D eigenvalue weighted by Crippen LogP contribution is 2.30. The fourth-order valence-electron chi connectivity index (χ4n) is 1.89. The average molecular weight is 237 g/mol. The summed E-state index contributed by atoms with van der Waals surface area (Å²) in [5.41, 5.74) is -0.378. The third kappa shape index (κ3) is 2.19. The minimum Gasteiger partial charge on any atom is -0.495 e. The number of methoxy groups -OCH3 is 1. The summed E-state index contributed by atoms with van der Waals surface area (Å²) < 4.78 is 10.4. The number of carboxylic acid groups (broad SMARTS) is 1. The molecular weight excluding hydrogens is 222 g/mol.